The Hall–Kier alpha value is -1.94. The van der Waals surface area contributed by atoms with Crippen LogP contribution in [0.2, 0.25) is 0 Å². The molecule has 1 amide bonds. The Morgan fingerprint density at radius 3 is 2.79 bits per heavy atom. The number of aromatic nitrogens is 3. The number of amides is 1. The minimum absolute atomic E-state index is 0.0389. The van der Waals surface area contributed by atoms with Crippen LogP contribution >= 0.6 is 23.1 Å². The topological polar surface area (TPSA) is 107 Å². The van der Waals surface area contributed by atoms with Crippen molar-refractivity contribution in [1.29, 1.82) is 0 Å². The maximum Gasteiger partial charge on any atom is 0.316 e. The van der Waals surface area contributed by atoms with E-state index in [1.165, 1.54) is 23.1 Å². The summed E-state index contributed by atoms with van der Waals surface area (Å²) in [5, 5.41) is 14.7. The Bertz CT molecular complexity index is 726. The summed E-state index contributed by atoms with van der Waals surface area (Å²) in [6.45, 7) is 7.65. The monoisotopic (exact) mass is 370 g/mol. The standard InChI is InChI=1S/C14H18N4O4S2/c1-5-21-9(19)6-23-14-17-16-13(24-14)15-12(20)10-8(4)18-22-11(10)7(2)3/h7H,5-6H2,1-4H3,(H,15,16,20). The molecular formula is C14H18N4O4S2. The predicted octanol–water partition coefficient (Wildman–Crippen LogP) is 2.87. The average Bonchev–Trinajstić information content (AvgIpc) is 3.12. The van der Waals surface area contributed by atoms with Gasteiger partial charge in [-0.1, -0.05) is 42.1 Å². The van der Waals surface area contributed by atoms with Gasteiger partial charge in [-0.25, -0.2) is 0 Å². The molecule has 2 aromatic rings. The molecule has 0 saturated heterocycles. The maximum absolute atomic E-state index is 12.4. The Morgan fingerprint density at radius 1 is 1.38 bits per heavy atom. The van der Waals surface area contributed by atoms with Crippen molar-refractivity contribution in [2.24, 2.45) is 0 Å². The fourth-order valence-electron chi connectivity index (χ4n) is 1.86. The van der Waals surface area contributed by atoms with E-state index in [9.17, 15) is 9.59 Å². The molecule has 0 aliphatic rings. The zero-order valence-electron chi connectivity index (χ0n) is 13.8. The molecule has 10 heteroatoms. The van der Waals surface area contributed by atoms with Crippen molar-refractivity contribution >= 4 is 40.1 Å². The molecule has 8 nitrogen and oxygen atoms in total. The van der Waals surface area contributed by atoms with E-state index in [4.69, 9.17) is 9.26 Å². The van der Waals surface area contributed by atoms with Crippen LogP contribution in [0.4, 0.5) is 5.13 Å². The fourth-order valence-corrected chi connectivity index (χ4v) is 3.40. The van der Waals surface area contributed by atoms with E-state index in [1.807, 2.05) is 13.8 Å². The van der Waals surface area contributed by atoms with E-state index < -0.39 is 0 Å². The van der Waals surface area contributed by atoms with Crippen LogP contribution in [0.5, 0.6) is 0 Å². The molecule has 0 saturated carbocycles. The van der Waals surface area contributed by atoms with Crippen molar-refractivity contribution in [2.75, 3.05) is 17.7 Å². The molecule has 0 aliphatic heterocycles. The molecule has 2 heterocycles. The number of ether oxygens (including phenoxy) is 1. The van der Waals surface area contributed by atoms with Crippen LogP contribution in [0.25, 0.3) is 0 Å². The summed E-state index contributed by atoms with van der Waals surface area (Å²) in [7, 11) is 0. The molecule has 0 aromatic carbocycles. The lowest BCUT2D eigenvalue weighted by atomic mass is 10.0. The summed E-state index contributed by atoms with van der Waals surface area (Å²) in [4.78, 5) is 23.8. The molecule has 0 radical (unpaired) electrons. The molecule has 130 valence electrons. The van der Waals surface area contributed by atoms with Crippen LogP contribution in [0, 0.1) is 6.92 Å². The minimum atomic E-state index is -0.337. The highest BCUT2D eigenvalue weighted by Crippen LogP contribution is 2.27. The zero-order valence-corrected chi connectivity index (χ0v) is 15.4. The second-order valence-corrected chi connectivity index (χ2v) is 7.28. The summed E-state index contributed by atoms with van der Waals surface area (Å²) < 4.78 is 10.6. The van der Waals surface area contributed by atoms with Crippen LogP contribution in [-0.4, -0.2) is 39.6 Å². The number of carbonyl (C=O) groups is 2. The number of anilines is 1. The summed E-state index contributed by atoms with van der Waals surface area (Å²) in [5.74, 6) is 0.0718. The molecule has 24 heavy (non-hydrogen) atoms. The van der Waals surface area contributed by atoms with E-state index >= 15 is 0 Å². The molecule has 0 aliphatic carbocycles. The van der Waals surface area contributed by atoms with E-state index in [2.05, 4.69) is 20.7 Å². The van der Waals surface area contributed by atoms with Gasteiger partial charge in [0.05, 0.1) is 18.1 Å². The second-order valence-electron chi connectivity index (χ2n) is 5.08. The Balaban J connectivity index is 2.01. The van der Waals surface area contributed by atoms with Gasteiger partial charge in [0.15, 0.2) is 10.1 Å². The average molecular weight is 370 g/mol. The van der Waals surface area contributed by atoms with Crippen molar-refractivity contribution in [1.82, 2.24) is 15.4 Å². The third-order valence-electron chi connectivity index (χ3n) is 2.89. The van der Waals surface area contributed by atoms with Crippen LogP contribution < -0.4 is 5.32 Å². The number of nitrogens with zero attached hydrogens (tertiary/aromatic N) is 3. The maximum atomic E-state index is 12.4. The van der Waals surface area contributed by atoms with E-state index in [1.54, 1.807) is 13.8 Å². The van der Waals surface area contributed by atoms with Crippen LogP contribution in [0.15, 0.2) is 8.86 Å². The number of carbonyl (C=O) groups excluding carboxylic acids is 2. The number of aryl methyl sites for hydroxylation is 1. The lowest BCUT2D eigenvalue weighted by Gasteiger charge is -2.04. The summed E-state index contributed by atoms with van der Waals surface area (Å²) in [6, 6.07) is 0. The first kappa shape index (κ1) is 18.4. The first-order chi connectivity index (χ1) is 11.4. The van der Waals surface area contributed by atoms with Gasteiger partial charge < -0.3 is 9.26 Å². The first-order valence-corrected chi connectivity index (χ1v) is 9.12. The quantitative estimate of drug-likeness (QED) is 0.450. The number of nitrogens with one attached hydrogen (secondary N) is 1. The van der Waals surface area contributed by atoms with Gasteiger partial charge in [0.25, 0.3) is 5.91 Å². The molecule has 1 N–H and O–H groups in total. The van der Waals surface area contributed by atoms with Crippen molar-refractivity contribution in [3.63, 3.8) is 0 Å². The summed E-state index contributed by atoms with van der Waals surface area (Å²) in [6.07, 6.45) is 0. The van der Waals surface area contributed by atoms with Crippen molar-refractivity contribution in [2.45, 2.75) is 38.0 Å². The van der Waals surface area contributed by atoms with Gasteiger partial charge in [-0.2, -0.15) is 0 Å². The normalized spacial score (nSPS) is 10.9. The van der Waals surface area contributed by atoms with Crippen LogP contribution in [-0.2, 0) is 9.53 Å². The molecule has 2 rings (SSSR count). The smallest absolute Gasteiger partial charge is 0.316 e. The second kappa shape index (κ2) is 8.25. The number of rotatable bonds is 7. The van der Waals surface area contributed by atoms with Gasteiger partial charge >= 0.3 is 5.97 Å². The van der Waals surface area contributed by atoms with Gasteiger partial charge in [-0.3, -0.25) is 14.9 Å². The van der Waals surface area contributed by atoms with Gasteiger partial charge in [0.1, 0.15) is 5.56 Å². The molecule has 0 unspecified atom stereocenters. The summed E-state index contributed by atoms with van der Waals surface area (Å²) in [5.41, 5.74) is 0.943. The minimum Gasteiger partial charge on any atom is -0.465 e. The Morgan fingerprint density at radius 2 is 2.12 bits per heavy atom. The van der Waals surface area contributed by atoms with Crippen molar-refractivity contribution < 1.29 is 18.8 Å². The first-order valence-electron chi connectivity index (χ1n) is 7.31. The number of esters is 1. The van der Waals surface area contributed by atoms with Gasteiger partial charge in [0.2, 0.25) is 5.13 Å². The van der Waals surface area contributed by atoms with Gasteiger partial charge in [-0.15, -0.1) is 10.2 Å². The molecule has 0 atom stereocenters. The SMILES string of the molecule is CCOC(=O)CSc1nnc(NC(=O)c2c(C)noc2C(C)C)s1. The van der Waals surface area contributed by atoms with E-state index in [0.29, 0.717) is 33.1 Å². The van der Waals surface area contributed by atoms with Crippen LogP contribution in [0.3, 0.4) is 0 Å². The fraction of sp³-hybridized carbons (Fsp3) is 0.500. The number of hydrogen-bond acceptors (Lipinski definition) is 9. The Labute approximate surface area is 147 Å². The molecule has 0 bridgehead atoms. The third-order valence-corrected chi connectivity index (χ3v) is 4.83. The zero-order chi connectivity index (χ0) is 17.7. The van der Waals surface area contributed by atoms with Crippen LogP contribution in [0.1, 0.15) is 48.5 Å². The van der Waals surface area contributed by atoms with Crippen molar-refractivity contribution in [3.05, 3.63) is 17.0 Å². The van der Waals surface area contributed by atoms with Gasteiger partial charge in [-0.05, 0) is 13.8 Å². The Kier molecular flexibility index (Phi) is 6.32. The molecule has 0 spiro atoms. The highest BCUT2D eigenvalue weighted by molar-refractivity contribution is 8.01. The molecule has 2 aromatic heterocycles. The molecule has 0 fully saturated rings. The van der Waals surface area contributed by atoms with E-state index in [0.717, 1.165) is 0 Å². The number of thioether (sulfide) groups is 1. The lowest BCUT2D eigenvalue weighted by molar-refractivity contribution is -0.139. The van der Waals surface area contributed by atoms with Crippen molar-refractivity contribution in [3.8, 4) is 0 Å². The van der Waals surface area contributed by atoms with E-state index in [-0.39, 0.29) is 23.5 Å². The highest BCUT2D eigenvalue weighted by Gasteiger charge is 2.23. The number of hydrogen-bond donors (Lipinski definition) is 1. The summed E-state index contributed by atoms with van der Waals surface area (Å²) >= 11 is 2.40. The lowest BCUT2D eigenvalue weighted by Crippen LogP contribution is -2.14. The highest BCUT2D eigenvalue weighted by atomic mass is 32.2. The third kappa shape index (κ3) is 4.54. The largest absolute Gasteiger partial charge is 0.465 e. The molecular weight excluding hydrogens is 352 g/mol. The predicted molar refractivity (Wildman–Crippen MR) is 90.5 cm³/mol. The van der Waals surface area contributed by atoms with Gasteiger partial charge in [0, 0.05) is 5.92 Å².